The van der Waals surface area contributed by atoms with Crippen molar-refractivity contribution >= 4 is 29.9 Å². The summed E-state index contributed by atoms with van der Waals surface area (Å²) in [6.45, 7) is 3.49. The van der Waals surface area contributed by atoms with E-state index in [4.69, 9.17) is 5.73 Å². The van der Waals surface area contributed by atoms with E-state index in [1.54, 1.807) is 6.20 Å². The van der Waals surface area contributed by atoms with Gasteiger partial charge in [0.1, 0.15) is 0 Å². The molecule has 124 valence electrons. The summed E-state index contributed by atoms with van der Waals surface area (Å²) in [5.41, 5.74) is 8.52. The van der Waals surface area contributed by atoms with Gasteiger partial charge in [-0.1, -0.05) is 24.3 Å². The third kappa shape index (κ3) is 5.23. The van der Waals surface area contributed by atoms with Gasteiger partial charge in [-0.3, -0.25) is 4.68 Å². The Morgan fingerprint density at radius 3 is 2.65 bits per heavy atom. The minimum Gasteiger partial charge on any atom is -0.370 e. The van der Waals surface area contributed by atoms with Gasteiger partial charge in [-0.05, 0) is 36.5 Å². The second kappa shape index (κ2) is 8.90. The van der Waals surface area contributed by atoms with Gasteiger partial charge in [0.25, 0.3) is 0 Å². The van der Waals surface area contributed by atoms with E-state index in [-0.39, 0.29) is 24.0 Å². The number of hydrogen-bond acceptors (Lipinski definition) is 2. The zero-order valence-electron chi connectivity index (χ0n) is 13.3. The zero-order valence-corrected chi connectivity index (χ0v) is 15.6. The van der Waals surface area contributed by atoms with E-state index < -0.39 is 0 Å². The molecule has 2 N–H and O–H groups in total. The van der Waals surface area contributed by atoms with Crippen molar-refractivity contribution in [2.24, 2.45) is 10.7 Å². The lowest BCUT2D eigenvalue weighted by Crippen LogP contribution is -2.40. The molecule has 0 amide bonds. The van der Waals surface area contributed by atoms with Crippen LogP contribution in [0.15, 0.2) is 47.7 Å². The first-order chi connectivity index (χ1) is 10.8. The fourth-order valence-electron chi connectivity index (χ4n) is 2.80. The topological polar surface area (TPSA) is 59.4 Å². The molecule has 1 aromatic heterocycles. The molecule has 0 atom stereocenters. The van der Waals surface area contributed by atoms with Gasteiger partial charge in [0, 0.05) is 25.5 Å². The highest BCUT2D eigenvalue weighted by Crippen LogP contribution is 2.10. The van der Waals surface area contributed by atoms with Crippen LogP contribution in [0.4, 0.5) is 0 Å². The molecular formula is C17H24IN5. The highest BCUT2D eigenvalue weighted by Gasteiger charge is 2.11. The largest absolute Gasteiger partial charge is 0.370 e. The van der Waals surface area contributed by atoms with Crippen molar-refractivity contribution in [2.45, 2.75) is 32.4 Å². The van der Waals surface area contributed by atoms with Gasteiger partial charge in [-0.2, -0.15) is 5.10 Å². The molecular weight excluding hydrogens is 401 g/mol. The Kier molecular flexibility index (Phi) is 6.88. The minimum absolute atomic E-state index is 0. The summed E-state index contributed by atoms with van der Waals surface area (Å²) in [4.78, 5) is 6.75. The molecule has 1 aliphatic rings. The number of aromatic nitrogens is 2. The second-order valence-corrected chi connectivity index (χ2v) is 5.75. The number of benzene rings is 1. The third-order valence-corrected chi connectivity index (χ3v) is 4.00. The van der Waals surface area contributed by atoms with Crippen LogP contribution in [0.5, 0.6) is 0 Å². The fraction of sp³-hybridized carbons (Fsp3) is 0.412. The van der Waals surface area contributed by atoms with Crippen LogP contribution in [0, 0.1) is 0 Å². The Balaban J connectivity index is 0.00000192. The SMILES string of the molecule is I.NC(=NCc1cccc(Cn2cccn2)c1)N1CCCCC1. The predicted molar refractivity (Wildman–Crippen MR) is 104 cm³/mol. The molecule has 3 rings (SSSR count). The van der Waals surface area contributed by atoms with Gasteiger partial charge in [-0.15, -0.1) is 24.0 Å². The van der Waals surface area contributed by atoms with Gasteiger partial charge in [0.05, 0.1) is 13.1 Å². The van der Waals surface area contributed by atoms with Crippen LogP contribution < -0.4 is 5.73 Å². The third-order valence-electron chi connectivity index (χ3n) is 4.00. The maximum absolute atomic E-state index is 6.11. The molecule has 0 radical (unpaired) electrons. The van der Waals surface area contributed by atoms with E-state index in [1.165, 1.54) is 30.4 Å². The molecule has 23 heavy (non-hydrogen) atoms. The van der Waals surface area contributed by atoms with Crippen molar-refractivity contribution in [1.29, 1.82) is 0 Å². The maximum Gasteiger partial charge on any atom is 0.191 e. The van der Waals surface area contributed by atoms with E-state index in [2.05, 4.69) is 39.3 Å². The van der Waals surface area contributed by atoms with E-state index in [0.29, 0.717) is 12.5 Å². The molecule has 0 unspecified atom stereocenters. The Bertz CT molecular complexity index is 618. The number of nitrogens with zero attached hydrogens (tertiary/aromatic N) is 4. The minimum atomic E-state index is 0. The first-order valence-corrected chi connectivity index (χ1v) is 7.91. The molecule has 5 nitrogen and oxygen atoms in total. The van der Waals surface area contributed by atoms with Crippen molar-refractivity contribution in [3.05, 3.63) is 53.9 Å². The predicted octanol–water partition coefficient (Wildman–Crippen LogP) is 2.85. The van der Waals surface area contributed by atoms with E-state index in [9.17, 15) is 0 Å². The maximum atomic E-state index is 6.11. The monoisotopic (exact) mass is 425 g/mol. The Morgan fingerprint density at radius 2 is 1.91 bits per heavy atom. The molecule has 6 heteroatoms. The molecule has 0 bridgehead atoms. The molecule has 0 saturated carbocycles. The van der Waals surface area contributed by atoms with Gasteiger partial charge >= 0.3 is 0 Å². The van der Waals surface area contributed by atoms with Gasteiger partial charge in [-0.25, -0.2) is 4.99 Å². The lowest BCUT2D eigenvalue weighted by molar-refractivity contribution is 0.338. The fourth-order valence-corrected chi connectivity index (χ4v) is 2.80. The molecule has 1 aromatic carbocycles. The van der Waals surface area contributed by atoms with Crippen molar-refractivity contribution in [2.75, 3.05) is 13.1 Å². The highest BCUT2D eigenvalue weighted by atomic mass is 127. The Morgan fingerprint density at radius 1 is 1.13 bits per heavy atom. The first-order valence-electron chi connectivity index (χ1n) is 7.91. The van der Waals surface area contributed by atoms with Crippen LogP contribution in [0.25, 0.3) is 0 Å². The molecule has 1 saturated heterocycles. The van der Waals surface area contributed by atoms with Crippen molar-refractivity contribution < 1.29 is 0 Å². The number of halogens is 1. The number of rotatable bonds is 4. The summed E-state index contributed by atoms with van der Waals surface area (Å²) in [5, 5.41) is 4.24. The quantitative estimate of drug-likeness (QED) is 0.466. The molecule has 1 fully saturated rings. The van der Waals surface area contributed by atoms with Crippen molar-refractivity contribution in [3.8, 4) is 0 Å². The standard InChI is InChI=1S/C17H23N5.HI/c18-17(21-9-2-1-3-10-21)19-13-15-6-4-7-16(12-15)14-22-11-5-8-20-22;/h4-8,11-12H,1-3,9-10,13-14H2,(H2,18,19);1H. The number of guanidine groups is 1. The average Bonchev–Trinajstić information content (AvgIpc) is 3.07. The number of likely N-dealkylation sites (tertiary alicyclic amines) is 1. The lowest BCUT2D eigenvalue weighted by Gasteiger charge is -2.27. The number of piperidine rings is 1. The number of hydrogen-bond donors (Lipinski definition) is 1. The summed E-state index contributed by atoms with van der Waals surface area (Å²) < 4.78 is 1.92. The van der Waals surface area contributed by atoms with Crippen LogP contribution in [0.2, 0.25) is 0 Å². The van der Waals surface area contributed by atoms with E-state index in [0.717, 1.165) is 19.6 Å². The summed E-state index contributed by atoms with van der Waals surface area (Å²) in [6, 6.07) is 10.4. The summed E-state index contributed by atoms with van der Waals surface area (Å²) in [7, 11) is 0. The highest BCUT2D eigenvalue weighted by molar-refractivity contribution is 14.0. The van der Waals surface area contributed by atoms with E-state index >= 15 is 0 Å². The molecule has 0 aliphatic carbocycles. The summed E-state index contributed by atoms with van der Waals surface area (Å²) in [6.07, 6.45) is 7.51. The second-order valence-electron chi connectivity index (χ2n) is 5.75. The Labute approximate surface area is 154 Å². The van der Waals surface area contributed by atoms with Crippen LogP contribution in [-0.2, 0) is 13.1 Å². The molecule has 2 heterocycles. The van der Waals surface area contributed by atoms with Crippen LogP contribution in [-0.4, -0.2) is 33.7 Å². The van der Waals surface area contributed by atoms with Gasteiger partial charge in [0.15, 0.2) is 5.96 Å². The lowest BCUT2D eigenvalue weighted by atomic mass is 10.1. The first kappa shape index (κ1) is 17.8. The zero-order chi connectivity index (χ0) is 15.2. The van der Waals surface area contributed by atoms with Crippen molar-refractivity contribution in [1.82, 2.24) is 14.7 Å². The normalized spacial score (nSPS) is 15.3. The smallest absolute Gasteiger partial charge is 0.191 e. The molecule has 2 aromatic rings. The summed E-state index contributed by atoms with van der Waals surface area (Å²) >= 11 is 0. The molecule has 1 aliphatic heterocycles. The average molecular weight is 425 g/mol. The van der Waals surface area contributed by atoms with E-state index in [1.807, 2.05) is 16.9 Å². The number of aliphatic imine (C=N–C) groups is 1. The van der Waals surface area contributed by atoms with Gasteiger partial charge in [0.2, 0.25) is 0 Å². The van der Waals surface area contributed by atoms with Gasteiger partial charge < -0.3 is 10.6 Å². The van der Waals surface area contributed by atoms with Crippen LogP contribution in [0.1, 0.15) is 30.4 Å². The number of nitrogens with two attached hydrogens (primary N) is 1. The van der Waals surface area contributed by atoms with Crippen LogP contribution in [0.3, 0.4) is 0 Å². The Hall–Kier alpha value is -1.57. The van der Waals surface area contributed by atoms with Crippen LogP contribution >= 0.6 is 24.0 Å². The summed E-state index contributed by atoms with van der Waals surface area (Å²) in [5.74, 6) is 0.678. The molecule has 0 spiro atoms. The van der Waals surface area contributed by atoms with Crippen molar-refractivity contribution in [3.63, 3.8) is 0 Å².